The zero-order valence-electron chi connectivity index (χ0n) is 8.66. The summed E-state index contributed by atoms with van der Waals surface area (Å²) in [6.07, 6.45) is -4.35. The lowest BCUT2D eigenvalue weighted by Crippen LogP contribution is -2.18. The molecule has 8 heteroatoms. The molecule has 0 saturated carbocycles. The Morgan fingerprint density at radius 3 is 2.44 bits per heavy atom. The third kappa shape index (κ3) is 3.46. The minimum Gasteiger partial charge on any atom is -0.388 e. The van der Waals surface area contributed by atoms with Gasteiger partial charge < -0.3 is 14.4 Å². The molecule has 0 aliphatic rings. The van der Waals surface area contributed by atoms with Crippen LogP contribution in [0.15, 0.2) is 0 Å². The molecule has 16 heavy (non-hydrogen) atoms. The van der Waals surface area contributed by atoms with Crippen molar-refractivity contribution in [2.45, 2.75) is 32.9 Å². The fourth-order valence-corrected chi connectivity index (χ4v) is 1.22. The molecule has 1 N–H and O–H groups in total. The predicted molar refractivity (Wildman–Crippen MR) is 47.3 cm³/mol. The molecule has 1 aromatic rings. The van der Waals surface area contributed by atoms with E-state index in [4.69, 9.17) is 5.11 Å². The SMILES string of the molecule is CCn1c(CO)nnc1COCC(F)(F)F. The van der Waals surface area contributed by atoms with Crippen LogP contribution >= 0.6 is 0 Å². The number of hydrogen-bond donors (Lipinski definition) is 1. The maximum Gasteiger partial charge on any atom is 0.411 e. The Morgan fingerprint density at radius 2 is 1.94 bits per heavy atom. The van der Waals surface area contributed by atoms with Gasteiger partial charge in [0.2, 0.25) is 0 Å². The lowest BCUT2D eigenvalue weighted by Gasteiger charge is -2.08. The van der Waals surface area contributed by atoms with Crippen molar-refractivity contribution in [1.82, 2.24) is 14.8 Å². The van der Waals surface area contributed by atoms with Gasteiger partial charge in [-0.3, -0.25) is 0 Å². The number of rotatable bonds is 5. The minimum atomic E-state index is -4.35. The first-order chi connectivity index (χ1) is 7.48. The number of aliphatic hydroxyl groups excluding tert-OH is 1. The number of halogens is 3. The Hall–Kier alpha value is -1.15. The fourth-order valence-electron chi connectivity index (χ4n) is 1.22. The number of nitrogens with zero attached hydrogens (tertiary/aromatic N) is 3. The molecule has 0 atom stereocenters. The van der Waals surface area contributed by atoms with Crippen LogP contribution in [-0.4, -0.2) is 32.7 Å². The van der Waals surface area contributed by atoms with Gasteiger partial charge in [-0.25, -0.2) is 0 Å². The Kier molecular flexibility index (Phi) is 4.25. The molecule has 0 aliphatic heterocycles. The van der Waals surface area contributed by atoms with Crippen LogP contribution < -0.4 is 0 Å². The average molecular weight is 239 g/mol. The molecule has 92 valence electrons. The fraction of sp³-hybridized carbons (Fsp3) is 0.750. The molecule has 0 amide bonds. The summed E-state index contributed by atoms with van der Waals surface area (Å²) in [6, 6.07) is 0. The van der Waals surface area contributed by atoms with E-state index in [9.17, 15) is 13.2 Å². The first kappa shape index (κ1) is 12.9. The molecule has 1 heterocycles. The van der Waals surface area contributed by atoms with E-state index >= 15 is 0 Å². The van der Waals surface area contributed by atoms with E-state index < -0.39 is 12.8 Å². The zero-order chi connectivity index (χ0) is 12.2. The standard InChI is InChI=1S/C8H12F3N3O2/c1-2-14-6(3-15)12-13-7(14)4-16-5-8(9,10)11/h15H,2-5H2,1H3. The van der Waals surface area contributed by atoms with Crippen LogP contribution in [-0.2, 0) is 24.5 Å². The Labute approximate surface area is 89.9 Å². The van der Waals surface area contributed by atoms with Crippen molar-refractivity contribution in [2.24, 2.45) is 0 Å². The summed E-state index contributed by atoms with van der Waals surface area (Å²) >= 11 is 0. The Morgan fingerprint density at radius 1 is 1.31 bits per heavy atom. The summed E-state index contributed by atoms with van der Waals surface area (Å²) in [5, 5.41) is 16.1. The molecule has 0 unspecified atom stereocenters. The van der Waals surface area contributed by atoms with Crippen molar-refractivity contribution in [3.05, 3.63) is 11.6 Å². The molecule has 0 spiro atoms. The van der Waals surface area contributed by atoms with Gasteiger partial charge in [0.25, 0.3) is 0 Å². The monoisotopic (exact) mass is 239 g/mol. The maximum absolute atomic E-state index is 11.8. The van der Waals surface area contributed by atoms with Gasteiger partial charge >= 0.3 is 6.18 Å². The molecule has 0 bridgehead atoms. The second kappa shape index (κ2) is 5.26. The predicted octanol–water partition coefficient (Wildman–Crippen LogP) is 0.869. The summed E-state index contributed by atoms with van der Waals surface area (Å²) in [4.78, 5) is 0. The van der Waals surface area contributed by atoms with Gasteiger partial charge in [-0.1, -0.05) is 0 Å². The highest BCUT2D eigenvalue weighted by Crippen LogP contribution is 2.15. The van der Waals surface area contributed by atoms with Crippen LogP contribution in [0.1, 0.15) is 18.6 Å². The van der Waals surface area contributed by atoms with Gasteiger partial charge in [0, 0.05) is 6.54 Å². The van der Waals surface area contributed by atoms with Crippen molar-refractivity contribution < 1.29 is 23.0 Å². The van der Waals surface area contributed by atoms with Crippen LogP contribution in [0.5, 0.6) is 0 Å². The topological polar surface area (TPSA) is 60.2 Å². The highest BCUT2D eigenvalue weighted by atomic mass is 19.4. The Balaban J connectivity index is 2.57. The number of aliphatic hydroxyl groups is 1. The van der Waals surface area contributed by atoms with Crippen molar-refractivity contribution in [3.63, 3.8) is 0 Å². The summed E-state index contributed by atoms with van der Waals surface area (Å²) in [7, 11) is 0. The summed E-state index contributed by atoms with van der Waals surface area (Å²) < 4.78 is 41.4. The summed E-state index contributed by atoms with van der Waals surface area (Å²) in [5.41, 5.74) is 0. The maximum atomic E-state index is 11.8. The average Bonchev–Trinajstić information content (AvgIpc) is 2.58. The number of hydrogen-bond acceptors (Lipinski definition) is 4. The van der Waals surface area contributed by atoms with Crippen LogP contribution in [0.4, 0.5) is 13.2 Å². The highest BCUT2D eigenvalue weighted by molar-refractivity contribution is 4.93. The number of ether oxygens (including phenoxy) is 1. The van der Waals surface area contributed by atoms with Crippen molar-refractivity contribution in [3.8, 4) is 0 Å². The summed E-state index contributed by atoms with van der Waals surface area (Å²) in [5.74, 6) is 0.587. The first-order valence-electron chi connectivity index (χ1n) is 4.64. The number of aromatic nitrogens is 3. The molecule has 0 aromatic carbocycles. The van der Waals surface area contributed by atoms with Gasteiger partial charge in [0.05, 0.1) is 0 Å². The van der Waals surface area contributed by atoms with Crippen molar-refractivity contribution in [1.29, 1.82) is 0 Å². The van der Waals surface area contributed by atoms with Crippen molar-refractivity contribution in [2.75, 3.05) is 6.61 Å². The molecule has 0 aliphatic carbocycles. The normalized spacial score (nSPS) is 12.1. The van der Waals surface area contributed by atoms with Crippen molar-refractivity contribution >= 4 is 0 Å². The molecule has 0 fully saturated rings. The van der Waals surface area contributed by atoms with E-state index in [1.807, 2.05) is 0 Å². The van der Waals surface area contributed by atoms with Crippen LogP contribution in [0.3, 0.4) is 0 Å². The third-order valence-electron chi connectivity index (χ3n) is 1.86. The minimum absolute atomic E-state index is 0.274. The molecular formula is C8H12F3N3O2. The quantitative estimate of drug-likeness (QED) is 0.828. The van der Waals surface area contributed by atoms with Gasteiger partial charge in [0.15, 0.2) is 11.6 Å². The highest BCUT2D eigenvalue weighted by Gasteiger charge is 2.27. The molecule has 1 rings (SSSR count). The first-order valence-corrected chi connectivity index (χ1v) is 4.64. The lowest BCUT2D eigenvalue weighted by atomic mass is 10.5. The molecule has 0 saturated heterocycles. The third-order valence-corrected chi connectivity index (χ3v) is 1.86. The van der Waals surface area contributed by atoms with Gasteiger partial charge in [-0.05, 0) is 6.92 Å². The Bertz CT molecular complexity index is 338. The van der Waals surface area contributed by atoms with E-state index in [2.05, 4.69) is 14.9 Å². The van der Waals surface area contributed by atoms with E-state index in [0.717, 1.165) is 0 Å². The van der Waals surface area contributed by atoms with E-state index in [1.54, 1.807) is 6.92 Å². The molecule has 1 aromatic heterocycles. The molecule has 0 radical (unpaired) electrons. The van der Waals surface area contributed by atoms with Gasteiger partial charge in [-0.2, -0.15) is 13.2 Å². The van der Waals surface area contributed by atoms with E-state index in [-0.39, 0.29) is 19.0 Å². The second-order valence-electron chi connectivity index (χ2n) is 3.04. The second-order valence-corrected chi connectivity index (χ2v) is 3.04. The number of alkyl halides is 3. The van der Waals surface area contributed by atoms with Gasteiger partial charge in [-0.15, -0.1) is 10.2 Å². The van der Waals surface area contributed by atoms with Crippen LogP contribution in [0.25, 0.3) is 0 Å². The van der Waals surface area contributed by atoms with Crippen LogP contribution in [0, 0.1) is 0 Å². The summed E-state index contributed by atoms with van der Waals surface area (Å²) in [6.45, 7) is 0.335. The van der Waals surface area contributed by atoms with E-state index in [1.165, 1.54) is 4.57 Å². The lowest BCUT2D eigenvalue weighted by molar-refractivity contribution is -0.177. The molecular weight excluding hydrogens is 227 g/mol. The zero-order valence-corrected chi connectivity index (χ0v) is 8.66. The largest absolute Gasteiger partial charge is 0.411 e. The van der Waals surface area contributed by atoms with Gasteiger partial charge in [0.1, 0.15) is 19.8 Å². The molecule has 5 nitrogen and oxygen atoms in total. The van der Waals surface area contributed by atoms with E-state index in [0.29, 0.717) is 12.4 Å². The van der Waals surface area contributed by atoms with Crippen LogP contribution in [0.2, 0.25) is 0 Å². The smallest absolute Gasteiger partial charge is 0.388 e.